The van der Waals surface area contributed by atoms with E-state index in [1.807, 2.05) is 0 Å². The van der Waals surface area contributed by atoms with Crippen molar-refractivity contribution in [3.8, 4) is 11.1 Å². The monoisotopic (exact) mass is 770 g/mol. The molecule has 0 saturated carbocycles. The van der Waals surface area contributed by atoms with Crippen LogP contribution in [0.25, 0.3) is 54.2 Å². The summed E-state index contributed by atoms with van der Waals surface area (Å²) in [5.41, 5.74) is 15.8. The van der Waals surface area contributed by atoms with Gasteiger partial charge in [0.2, 0.25) is 0 Å². The summed E-state index contributed by atoms with van der Waals surface area (Å²) in [5, 5.41) is 10.2. The number of hydrogen-bond donors (Lipinski definition) is 0. The van der Waals surface area contributed by atoms with Crippen LogP contribution >= 0.6 is 0 Å². The molecular weight excluding hydrogens is 725 g/mol. The number of nitrogens with zero attached hydrogens (tertiary/aromatic N) is 2. The summed E-state index contributed by atoms with van der Waals surface area (Å²) in [5.74, 6) is 0. The quantitative estimate of drug-likeness (QED) is 0.155. The van der Waals surface area contributed by atoms with Crippen LogP contribution < -0.4 is 9.80 Å². The molecule has 60 heavy (non-hydrogen) atoms. The Hall–Kier alpha value is -7.16. The molecule has 1 aliphatic rings. The van der Waals surface area contributed by atoms with Gasteiger partial charge in [0.25, 0.3) is 0 Å². The van der Waals surface area contributed by atoms with Crippen LogP contribution in [0.1, 0.15) is 41.7 Å². The van der Waals surface area contributed by atoms with E-state index in [-0.39, 0.29) is 5.41 Å². The summed E-state index contributed by atoms with van der Waals surface area (Å²) in [4.78, 5) is 4.83. The molecule has 0 aliphatic heterocycles. The second-order valence-electron chi connectivity index (χ2n) is 17.2. The van der Waals surface area contributed by atoms with Crippen molar-refractivity contribution in [2.45, 2.75) is 40.0 Å². The van der Waals surface area contributed by atoms with Crippen molar-refractivity contribution in [1.29, 1.82) is 0 Å². The Labute approximate surface area is 352 Å². The van der Waals surface area contributed by atoms with Gasteiger partial charge in [-0.25, -0.2) is 0 Å². The summed E-state index contributed by atoms with van der Waals surface area (Å²) in [6, 6.07) is 70.0. The molecule has 0 unspecified atom stereocenters. The molecule has 0 atom stereocenters. The average Bonchev–Trinajstić information content (AvgIpc) is 3.27. The lowest BCUT2D eigenvalue weighted by Crippen LogP contribution is -2.25. The van der Waals surface area contributed by atoms with Crippen LogP contribution in [-0.2, 0) is 5.41 Å². The number of hydrogen-bond acceptors (Lipinski definition) is 2. The Morgan fingerprint density at radius 2 is 0.833 bits per heavy atom. The molecule has 10 aromatic carbocycles. The molecule has 0 amide bonds. The molecule has 0 radical (unpaired) electrons. The van der Waals surface area contributed by atoms with Crippen LogP contribution in [0, 0.1) is 20.8 Å². The van der Waals surface area contributed by atoms with Crippen molar-refractivity contribution in [3.63, 3.8) is 0 Å². The fourth-order valence-corrected chi connectivity index (χ4v) is 9.91. The predicted octanol–water partition coefficient (Wildman–Crippen LogP) is 16.5. The van der Waals surface area contributed by atoms with Crippen LogP contribution in [-0.4, -0.2) is 0 Å². The Morgan fingerprint density at radius 3 is 1.42 bits per heavy atom. The van der Waals surface area contributed by atoms with E-state index in [1.165, 1.54) is 82.0 Å². The lowest BCUT2D eigenvalue weighted by molar-refractivity contribution is 0.645. The van der Waals surface area contributed by atoms with Gasteiger partial charge in [0.1, 0.15) is 0 Å². The van der Waals surface area contributed by atoms with Gasteiger partial charge in [0.15, 0.2) is 0 Å². The summed E-state index contributed by atoms with van der Waals surface area (Å²) >= 11 is 0. The maximum atomic E-state index is 2.46. The summed E-state index contributed by atoms with van der Waals surface area (Å²) in [7, 11) is 0. The smallest absolute Gasteiger partial charge is 0.0468 e. The number of aryl methyl sites for hydroxylation is 3. The Morgan fingerprint density at radius 1 is 0.350 bits per heavy atom. The van der Waals surface area contributed by atoms with Crippen molar-refractivity contribution >= 4 is 77.2 Å². The fraction of sp³-hybridized carbons (Fsp3) is 0.103. The van der Waals surface area contributed by atoms with Crippen molar-refractivity contribution in [2.24, 2.45) is 0 Å². The molecule has 288 valence electrons. The van der Waals surface area contributed by atoms with E-state index in [0.29, 0.717) is 0 Å². The standard InChI is InChI=1S/C58H46N2/c1-37-17-23-44(24-18-37)59(46-27-21-40-11-6-8-13-42(40)33-46)48-29-31-50-39(3)56-52-32-30-49(36-55(52)58(4,5)54-16-10-15-51(57(54)56)53(50)35-48)60(45-25-19-38(2)20-26-45)47-28-22-41-12-7-9-14-43(41)34-47/h6-36H,1-5H3. The minimum Gasteiger partial charge on any atom is -0.310 e. The zero-order chi connectivity index (χ0) is 40.7. The van der Waals surface area contributed by atoms with Crippen LogP contribution in [0.4, 0.5) is 34.1 Å². The van der Waals surface area contributed by atoms with E-state index in [9.17, 15) is 0 Å². The van der Waals surface area contributed by atoms with Crippen LogP contribution in [0.15, 0.2) is 188 Å². The van der Waals surface area contributed by atoms with Gasteiger partial charge in [-0.1, -0.05) is 140 Å². The summed E-state index contributed by atoms with van der Waals surface area (Å²) in [6.45, 7) is 11.5. The van der Waals surface area contributed by atoms with Gasteiger partial charge >= 0.3 is 0 Å². The van der Waals surface area contributed by atoms with Gasteiger partial charge in [-0.15, -0.1) is 0 Å². The minimum absolute atomic E-state index is 0.253. The first-order valence-corrected chi connectivity index (χ1v) is 21.1. The number of benzene rings is 10. The van der Waals surface area contributed by atoms with E-state index in [0.717, 1.165) is 34.1 Å². The van der Waals surface area contributed by atoms with Crippen molar-refractivity contribution in [1.82, 2.24) is 0 Å². The molecule has 11 rings (SSSR count). The van der Waals surface area contributed by atoms with Crippen molar-refractivity contribution in [2.75, 3.05) is 9.80 Å². The number of anilines is 6. The fourth-order valence-electron chi connectivity index (χ4n) is 9.91. The van der Waals surface area contributed by atoms with Gasteiger partial charge in [-0.2, -0.15) is 0 Å². The second kappa shape index (κ2) is 13.7. The van der Waals surface area contributed by atoms with E-state index in [1.54, 1.807) is 0 Å². The maximum absolute atomic E-state index is 2.46. The predicted molar refractivity (Wildman–Crippen MR) is 258 cm³/mol. The molecule has 2 heteroatoms. The van der Waals surface area contributed by atoms with Crippen molar-refractivity contribution < 1.29 is 0 Å². The number of fused-ring (bicyclic) bond motifs is 6. The number of rotatable bonds is 6. The first kappa shape index (κ1) is 36.0. The van der Waals surface area contributed by atoms with E-state index < -0.39 is 0 Å². The van der Waals surface area contributed by atoms with Crippen LogP contribution in [0.3, 0.4) is 0 Å². The molecule has 0 spiro atoms. The molecule has 0 N–H and O–H groups in total. The average molecular weight is 771 g/mol. The molecule has 1 aliphatic carbocycles. The third-order valence-corrected chi connectivity index (χ3v) is 13.1. The minimum atomic E-state index is -0.253. The Kier molecular flexibility index (Phi) is 8.22. The van der Waals surface area contributed by atoms with Gasteiger partial charge < -0.3 is 9.80 Å². The van der Waals surface area contributed by atoms with Crippen LogP contribution in [0.2, 0.25) is 0 Å². The lowest BCUT2D eigenvalue weighted by Gasteiger charge is -2.38. The molecular formula is C58H46N2. The topological polar surface area (TPSA) is 6.48 Å². The molecule has 0 saturated heterocycles. The molecule has 0 aromatic heterocycles. The second-order valence-corrected chi connectivity index (χ2v) is 17.2. The summed E-state index contributed by atoms with van der Waals surface area (Å²) in [6.07, 6.45) is 0. The van der Waals surface area contributed by atoms with Gasteiger partial charge in [-0.05, 0) is 164 Å². The summed E-state index contributed by atoms with van der Waals surface area (Å²) < 4.78 is 0. The Bertz CT molecular complexity index is 3320. The highest BCUT2D eigenvalue weighted by Gasteiger charge is 2.36. The third-order valence-electron chi connectivity index (χ3n) is 13.1. The zero-order valence-corrected chi connectivity index (χ0v) is 34.8. The third kappa shape index (κ3) is 5.70. The SMILES string of the molecule is Cc1ccc(N(c2ccc3c(c2)C(C)(C)c2cccc4c2c-3c(C)c2ccc(N(c3ccc(C)cc3)c3ccc5ccccc5c3)cc24)c2ccc3ccccc3c2)cc1. The van der Waals surface area contributed by atoms with E-state index >= 15 is 0 Å². The highest BCUT2D eigenvalue weighted by Crippen LogP contribution is 2.54. The van der Waals surface area contributed by atoms with Crippen LogP contribution in [0.5, 0.6) is 0 Å². The van der Waals surface area contributed by atoms with Gasteiger partial charge in [-0.3, -0.25) is 0 Å². The normalized spacial score (nSPS) is 12.9. The first-order chi connectivity index (χ1) is 29.2. The highest BCUT2D eigenvalue weighted by atomic mass is 15.1. The first-order valence-electron chi connectivity index (χ1n) is 21.1. The molecule has 10 aromatic rings. The van der Waals surface area contributed by atoms with Crippen molar-refractivity contribution in [3.05, 3.63) is 216 Å². The van der Waals surface area contributed by atoms with E-state index in [4.69, 9.17) is 0 Å². The largest absolute Gasteiger partial charge is 0.310 e. The zero-order valence-electron chi connectivity index (χ0n) is 34.8. The van der Waals surface area contributed by atoms with Gasteiger partial charge in [0.05, 0.1) is 0 Å². The lowest BCUT2D eigenvalue weighted by atomic mass is 9.67. The molecule has 0 heterocycles. The van der Waals surface area contributed by atoms with E-state index in [2.05, 4.69) is 232 Å². The van der Waals surface area contributed by atoms with Gasteiger partial charge in [0, 0.05) is 39.5 Å². The molecule has 2 nitrogen and oxygen atoms in total. The molecule has 0 bridgehead atoms. The Balaban J connectivity index is 1.10. The molecule has 0 fully saturated rings. The highest BCUT2D eigenvalue weighted by molar-refractivity contribution is 6.19. The maximum Gasteiger partial charge on any atom is 0.0468 e.